The van der Waals surface area contributed by atoms with Crippen molar-refractivity contribution in [1.29, 1.82) is 0 Å². The zero-order valence-corrected chi connectivity index (χ0v) is 29.1. The minimum absolute atomic E-state index is 0.0451. The van der Waals surface area contributed by atoms with Crippen molar-refractivity contribution in [3.05, 3.63) is 70.8 Å². The fourth-order valence-corrected chi connectivity index (χ4v) is 2.76. The van der Waals surface area contributed by atoms with E-state index in [2.05, 4.69) is 0 Å². The Morgan fingerprint density at radius 2 is 0.653 bits per heavy atom. The molecule has 0 aliphatic heterocycles. The Morgan fingerprint density at radius 3 is 0.837 bits per heavy atom. The Kier molecular flexibility index (Phi) is 20.9. The summed E-state index contributed by atoms with van der Waals surface area (Å²) in [7, 11) is 0. The van der Waals surface area contributed by atoms with Crippen LogP contribution in [0.5, 0.6) is 0 Å². The Balaban J connectivity index is 0.000000808. The summed E-state index contributed by atoms with van der Waals surface area (Å²) >= 11 is 0. The minimum Gasteiger partial charge on any atom is -0.461 e. The first-order valence-electron chi connectivity index (χ1n) is 15.4. The third kappa shape index (κ3) is 19.0. The lowest BCUT2D eigenvalue weighted by Crippen LogP contribution is -2.26. The van der Waals surface area contributed by atoms with Crippen LogP contribution in [0.3, 0.4) is 0 Å². The average Bonchev–Trinajstić information content (AvgIpc) is 3.11. The van der Waals surface area contributed by atoms with Crippen LogP contribution in [0.4, 0.5) is 0 Å². The number of hydrogen-bond acceptors (Lipinski definition) is 14. The minimum atomic E-state index is -0.570. The maximum absolute atomic E-state index is 11.9. The van der Waals surface area contributed by atoms with Gasteiger partial charge in [0.2, 0.25) is 0 Å². The molecule has 0 saturated heterocycles. The number of carbonyl (C=O) groups excluding carboxylic acids is 4. The summed E-state index contributed by atoms with van der Waals surface area (Å²) < 4.78 is 19.7. The molecule has 276 valence electrons. The average molecular weight is 697 g/mol. The summed E-state index contributed by atoms with van der Waals surface area (Å²) in [6, 6.07) is 11.7. The Bertz CT molecular complexity index is 1170. The number of hydrogen-bond donors (Lipinski definition) is 6. The van der Waals surface area contributed by atoms with Gasteiger partial charge in [0.15, 0.2) is 0 Å². The van der Waals surface area contributed by atoms with Gasteiger partial charge in [-0.15, -0.1) is 0 Å². The molecule has 0 fully saturated rings. The van der Waals surface area contributed by atoms with Crippen LogP contribution in [-0.2, 0) is 18.9 Å². The molecule has 2 rings (SSSR count). The first kappa shape index (κ1) is 45.1. The van der Waals surface area contributed by atoms with Crippen molar-refractivity contribution in [2.45, 2.75) is 41.5 Å². The van der Waals surface area contributed by atoms with E-state index in [9.17, 15) is 19.2 Å². The van der Waals surface area contributed by atoms with E-state index in [1.807, 2.05) is 0 Å². The van der Waals surface area contributed by atoms with E-state index in [1.54, 1.807) is 41.5 Å². The van der Waals surface area contributed by atoms with Crippen LogP contribution < -0.4 is 0 Å². The largest absolute Gasteiger partial charge is 0.461 e. The highest BCUT2D eigenvalue weighted by molar-refractivity contribution is 5.94. The van der Waals surface area contributed by atoms with Gasteiger partial charge in [-0.2, -0.15) is 0 Å². The molecule has 6 N–H and O–H groups in total. The number of aliphatic hydroxyl groups excluding tert-OH is 6. The zero-order valence-electron chi connectivity index (χ0n) is 29.1. The molecule has 14 heteroatoms. The molecule has 2 aromatic carbocycles. The van der Waals surface area contributed by atoms with Crippen LogP contribution in [-0.4, -0.2) is 121 Å². The lowest BCUT2D eigenvalue weighted by molar-refractivity contribution is 0.0207. The van der Waals surface area contributed by atoms with Gasteiger partial charge in [-0.25, -0.2) is 19.2 Å². The fourth-order valence-electron chi connectivity index (χ4n) is 2.76. The summed E-state index contributed by atoms with van der Waals surface area (Å²) in [6.45, 7) is 10.2. The van der Waals surface area contributed by atoms with Crippen molar-refractivity contribution in [2.75, 3.05) is 66.1 Å². The third-order valence-corrected chi connectivity index (χ3v) is 6.26. The lowest BCUT2D eigenvalue weighted by Gasteiger charge is -2.21. The topological polar surface area (TPSA) is 227 Å². The van der Waals surface area contributed by atoms with E-state index >= 15 is 0 Å². The number of esters is 4. The van der Waals surface area contributed by atoms with Gasteiger partial charge in [0.05, 0.1) is 75.1 Å². The summed E-state index contributed by atoms with van der Waals surface area (Å²) in [5.41, 5.74) is -0.117. The lowest BCUT2D eigenvalue weighted by atomic mass is 9.96. The summed E-state index contributed by atoms with van der Waals surface area (Å²) in [4.78, 5) is 46.6. The van der Waals surface area contributed by atoms with Crippen molar-refractivity contribution in [2.24, 2.45) is 16.2 Å². The molecule has 49 heavy (non-hydrogen) atoms. The molecule has 0 saturated carbocycles. The Hall–Kier alpha value is -3.92. The van der Waals surface area contributed by atoms with E-state index in [0.717, 1.165) is 0 Å². The molecule has 0 aromatic heterocycles. The molecule has 0 radical (unpaired) electrons. The summed E-state index contributed by atoms with van der Waals surface area (Å²) in [5, 5.41) is 52.2. The third-order valence-electron chi connectivity index (χ3n) is 6.26. The second kappa shape index (κ2) is 22.7. The van der Waals surface area contributed by atoms with Crippen molar-refractivity contribution in [3.8, 4) is 0 Å². The quantitative estimate of drug-likeness (QED) is 0.109. The molecular formula is C35H52O14. The summed E-state index contributed by atoms with van der Waals surface area (Å²) in [6.07, 6.45) is 0. The zero-order chi connectivity index (χ0) is 37.7. The van der Waals surface area contributed by atoms with Crippen molar-refractivity contribution >= 4 is 23.9 Å². The number of benzene rings is 2. The highest BCUT2D eigenvalue weighted by atomic mass is 16.5. The number of rotatable bonds is 16. The Labute approximate surface area is 287 Å². The van der Waals surface area contributed by atoms with Crippen LogP contribution in [0.15, 0.2) is 48.5 Å². The van der Waals surface area contributed by atoms with Gasteiger partial charge in [-0.3, -0.25) is 0 Å². The molecule has 14 nitrogen and oxygen atoms in total. The predicted molar refractivity (Wildman–Crippen MR) is 178 cm³/mol. The SMILES string of the molecule is CC(C)(CO)CO.CC(C)(CO)COC(=O)c1ccc(C(=O)OCC(C)(C)CO)cc1.O=C(OCCO)c1ccc(C(=O)OCCO)cc1. The predicted octanol–water partition coefficient (Wildman–Crippen LogP) is 2.02. The normalized spacial score (nSPS) is 11.2. The smallest absolute Gasteiger partial charge is 0.338 e. The van der Waals surface area contributed by atoms with Crippen LogP contribution in [0, 0.1) is 16.2 Å². The van der Waals surface area contributed by atoms with Crippen molar-refractivity contribution < 1.29 is 68.8 Å². The van der Waals surface area contributed by atoms with Gasteiger partial charge < -0.3 is 49.6 Å². The monoisotopic (exact) mass is 696 g/mol. The molecule has 0 bridgehead atoms. The number of carbonyl (C=O) groups is 4. The highest BCUT2D eigenvalue weighted by Gasteiger charge is 2.22. The highest BCUT2D eigenvalue weighted by Crippen LogP contribution is 2.17. The molecule has 0 spiro atoms. The van der Waals surface area contributed by atoms with E-state index < -0.39 is 34.7 Å². The van der Waals surface area contributed by atoms with E-state index in [0.29, 0.717) is 11.1 Å². The van der Waals surface area contributed by atoms with E-state index in [1.165, 1.54) is 48.5 Å². The molecule has 0 heterocycles. The van der Waals surface area contributed by atoms with Gasteiger partial charge >= 0.3 is 23.9 Å². The van der Waals surface area contributed by atoms with Crippen LogP contribution in [0.25, 0.3) is 0 Å². The van der Waals surface area contributed by atoms with Gasteiger partial charge in [-0.1, -0.05) is 41.5 Å². The number of aliphatic hydroxyl groups is 6. The van der Waals surface area contributed by atoms with Crippen molar-refractivity contribution in [3.63, 3.8) is 0 Å². The van der Waals surface area contributed by atoms with Crippen LogP contribution >= 0.6 is 0 Å². The first-order valence-corrected chi connectivity index (χ1v) is 15.4. The summed E-state index contributed by atoms with van der Waals surface area (Å²) in [5.74, 6) is -2.17. The second-order valence-electron chi connectivity index (χ2n) is 13.2. The first-order chi connectivity index (χ1) is 22.9. The number of ether oxygens (including phenoxy) is 4. The fraction of sp³-hybridized carbons (Fsp3) is 0.543. The molecule has 2 aromatic rings. The Morgan fingerprint density at radius 1 is 0.429 bits per heavy atom. The molecule has 0 unspecified atom stereocenters. The van der Waals surface area contributed by atoms with Crippen molar-refractivity contribution in [1.82, 2.24) is 0 Å². The molecule has 0 amide bonds. The molecule has 0 aliphatic rings. The van der Waals surface area contributed by atoms with Gasteiger partial charge in [0.25, 0.3) is 0 Å². The maximum Gasteiger partial charge on any atom is 0.338 e. The van der Waals surface area contributed by atoms with E-state index in [4.69, 9.17) is 49.6 Å². The van der Waals surface area contributed by atoms with Gasteiger partial charge in [0.1, 0.15) is 13.2 Å². The van der Waals surface area contributed by atoms with E-state index in [-0.39, 0.29) is 82.6 Å². The van der Waals surface area contributed by atoms with Gasteiger partial charge in [0, 0.05) is 16.2 Å². The molecule has 0 atom stereocenters. The van der Waals surface area contributed by atoms with Crippen LogP contribution in [0.2, 0.25) is 0 Å². The molecular weight excluding hydrogens is 644 g/mol. The maximum atomic E-state index is 11.9. The second-order valence-corrected chi connectivity index (χ2v) is 13.2. The van der Waals surface area contributed by atoms with Gasteiger partial charge in [-0.05, 0) is 48.5 Å². The molecule has 0 aliphatic carbocycles. The standard InChI is InChI=1S/C18H26O6.C12H14O6.C5H12O2/c1-17(2,9-19)11-23-15(21)13-5-7-14(8-6-13)16(22)24-12-18(3,4)10-20;13-5-7-17-11(15)9-1-2-10(4-3-9)12(16)18-8-6-14;1-5(2,3-6)4-7/h5-8,19-20H,9-12H2,1-4H3;1-4,13-14H,5-8H2;6-7H,3-4H2,1-2H3. The van der Waals surface area contributed by atoms with Crippen LogP contribution in [0.1, 0.15) is 83.0 Å².